The predicted molar refractivity (Wildman–Crippen MR) is 52.3 cm³/mol. The lowest BCUT2D eigenvalue weighted by Gasteiger charge is -2.12. The summed E-state index contributed by atoms with van der Waals surface area (Å²) >= 11 is 1.61. The zero-order chi connectivity index (χ0) is 8.55. The highest BCUT2D eigenvalue weighted by molar-refractivity contribution is 7.99. The summed E-state index contributed by atoms with van der Waals surface area (Å²) in [5.74, 6) is 1.13. The average Bonchev–Trinajstić information content (AvgIpc) is 2.12. The van der Waals surface area contributed by atoms with Crippen molar-refractivity contribution in [2.24, 2.45) is 0 Å². The Hall–Kier alpha value is -1.09. The van der Waals surface area contributed by atoms with E-state index in [2.05, 4.69) is 6.08 Å². The maximum atomic E-state index is 9.56. The fourth-order valence-corrected chi connectivity index (χ4v) is 2.11. The number of thioether (sulfide) groups is 1. The van der Waals surface area contributed by atoms with Gasteiger partial charge in [0, 0.05) is 5.75 Å². The van der Waals surface area contributed by atoms with Crippen molar-refractivity contribution in [3.05, 3.63) is 23.8 Å². The van der Waals surface area contributed by atoms with E-state index in [9.17, 15) is 5.11 Å². The number of aromatic hydroxyl groups is 1. The smallest absolute Gasteiger partial charge is 0.152 e. The van der Waals surface area contributed by atoms with E-state index < -0.39 is 0 Å². The number of phenols is 1. The van der Waals surface area contributed by atoms with Gasteiger partial charge in [-0.2, -0.15) is 0 Å². The highest BCUT2D eigenvalue weighted by Crippen LogP contribution is 2.39. The lowest BCUT2D eigenvalue weighted by molar-refractivity contribution is 0.465. The zero-order valence-corrected chi connectivity index (χ0v) is 7.27. The molecule has 0 fully saturated rings. The number of nitrogen functional groups attached to an aromatic ring is 1. The summed E-state index contributed by atoms with van der Waals surface area (Å²) in [5, 5.41) is 9.56. The third kappa shape index (κ3) is 1.06. The Morgan fingerprint density at radius 1 is 1.42 bits per heavy atom. The van der Waals surface area contributed by atoms with Gasteiger partial charge < -0.3 is 10.8 Å². The van der Waals surface area contributed by atoms with E-state index in [1.807, 2.05) is 12.1 Å². The first-order valence-corrected chi connectivity index (χ1v) is 4.68. The number of nitrogens with two attached hydrogens (primary N) is 1. The number of phenolic OH excluding ortho intramolecular Hbond substituents is 1. The number of fused-ring (bicyclic) bond motifs is 1. The molecule has 3 N–H and O–H groups in total. The molecule has 0 unspecified atom stereocenters. The molecular weight excluding hydrogens is 170 g/mol. The van der Waals surface area contributed by atoms with E-state index in [4.69, 9.17) is 5.73 Å². The SMILES string of the molecule is Nc1ccc2c(c1O)SCC=C2. The largest absolute Gasteiger partial charge is 0.505 e. The molecular formula is C9H9NOS. The Labute approximate surface area is 75.1 Å². The molecule has 1 aromatic rings. The van der Waals surface area contributed by atoms with E-state index in [-0.39, 0.29) is 5.75 Å². The van der Waals surface area contributed by atoms with Gasteiger partial charge in [0.2, 0.25) is 0 Å². The summed E-state index contributed by atoms with van der Waals surface area (Å²) in [5.41, 5.74) is 7.07. The van der Waals surface area contributed by atoms with Crippen LogP contribution in [0.25, 0.3) is 6.08 Å². The van der Waals surface area contributed by atoms with Crippen LogP contribution in [0.1, 0.15) is 5.56 Å². The molecule has 2 nitrogen and oxygen atoms in total. The zero-order valence-electron chi connectivity index (χ0n) is 6.45. The van der Waals surface area contributed by atoms with Crippen molar-refractivity contribution in [1.82, 2.24) is 0 Å². The topological polar surface area (TPSA) is 46.2 Å². The summed E-state index contributed by atoms with van der Waals surface area (Å²) in [6.45, 7) is 0. The number of benzene rings is 1. The molecule has 1 heterocycles. The van der Waals surface area contributed by atoms with E-state index in [1.165, 1.54) is 0 Å². The highest BCUT2D eigenvalue weighted by atomic mass is 32.2. The van der Waals surface area contributed by atoms with Crippen LogP contribution in [0.2, 0.25) is 0 Å². The molecule has 0 atom stereocenters. The van der Waals surface area contributed by atoms with Gasteiger partial charge in [-0.1, -0.05) is 18.2 Å². The van der Waals surface area contributed by atoms with Crippen molar-refractivity contribution in [2.45, 2.75) is 4.90 Å². The first kappa shape index (κ1) is 7.55. The number of anilines is 1. The highest BCUT2D eigenvalue weighted by Gasteiger charge is 2.11. The monoisotopic (exact) mass is 179 g/mol. The van der Waals surface area contributed by atoms with Gasteiger partial charge in [0.25, 0.3) is 0 Å². The van der Waals surface area contributed by atoms with Crippen molar-refractivity contribution in [3.8, 4) is 5.75 Å². The minimum Gasteiger partial charge on any atom is -0.505 e. The molecule has 1 aromatic carbocycles. The van der Waals surface area contributed by atoms with Crippen LogP contribution in [0.3, 0.4) is 0 Å². The van der Waals surface area contributed by atoms with Crippen LogP contribution in [-0.2, 0) is 0 Å². The van der Waals surface area contributed by atoms with Gasteiger partial charge >= 0.3 is 0 Å². The van der Waals surface area contributed by atoms with Crippen LogP contribution in [0.15, 0.2) is 23.1 Å². The Bertz CT molecular complexity index is 347. The van der Waals surface area contributed by atoms with Crippen LogP contribution in [-0.4, -0.2) is 10.9 Å². The summed E-state index contributed by atoms with van der Waals surface area (Å²) in [4.78, 5) is 0.900. The molecule has 0 aliphatic carbocycles. The lowest BCUT2D eigenvalue weighted by Crippen LogP contribution is -1.92. The van der Waals surface area contributed by atoms with Gasteiger partial charge in [0.1, 0.15) is 0 Å². The fraction of sp³-hybridized carbons (Fsp3) is 0.111. The van der Waals surface area contributed by atoms with Gasteiger partial charge in [-0.15, -0.1) is 11.8 Å². The van der Waals surface area contributed by atoms with E-state index in [0.29, 0.717) is 5.69 Å². The van der Waals surface area contributed by atoms with Crippen LogP contribution >= 0.6 is 11.8 Å². The average molecular weight is 179 g/mol. The van der Waals surface area contributed by atoms with Crippen LogP contribution in [0.4, 0.5) is 5.69 Å². The van der Waals surface area contributed by atoms with Crippen molar-refractivity contribution in [1.29, 1.82) is 0 Å². The Morgan fingerprint density at radius 2 is 2.25 bits per heavy atom. The first-order chi connectivity index (χ1) is 5.79. The third-order valence-corrected chi connectivity index (χ3v) is 2.89. The molecule has 1 aliphatic rings. The van der Waals surface area contributed by atoms with Gasteiger partial charge in [-0.25, -0.2) is 0 Å². The van der Waals surface area contributed by atoms with Gasteiger partial charge in [-0.05, 0) is 11.6 Å². The van der Waals surface area contributed by atoms with E-state index >= 15 is 0 Å². The second kappa shape index (κ2) is 2.75. The molecule has 1 aliphatic heterocycles. The van der Waals surface area contributed by atoms with Crippen LogP contribution in [0, 0.1) is 0 Å². The molecule has 0 saturated heterocycles. The quantitative estimate of drug-likeness (QED) is 0.473. The Balaban J connectivity index is 2.63. The van der Waals surface area contributed by atoms with Gasteiger partial charge in [0.15, 0.2) is 5.75 Å². The maximum Gasteiger partial charge on any atom is 0.152 e. The fourth-order valence-electron chi connectivity index (χ4n) is 1.19. The standard InChI is InChI=1S/C9H9NOS/c10-7-4-3-6-2-1-5-12-9(6)8(7)11/h1-4,11H,5,10H2. The van der Waals surface area contributed by atoms with E-state index in [0.717, 1.165) is 16.2 Å². The third-order valence-electron chi connectivity index (χ3n) is 1.81. The van der Waals surface area contributed by atoms with Crippen molar-refractivity contribution < 1.29 is 5.11 Å². The molecule has 3 heteroatoms. The maximum absolute atomic E-state index is 9.56. The Morgan fingerprint density at radius 3 is 3.08 bits per heavy atom. The molecule has 0 amide bonds. The lowest BCUT2D eigenvalue weighted by atomic mass is 10.1. The molecule has 0 spiro atoms. The molecule has 0 saturated carbocycles. The van der Waals surface area contributed by atoms with Crippen LogP contribution in [0.5, 0.6) is 5.75 Å². The van der Waals surface area contributed by atoms with Crippen molar-refractivity contribution in [2.75, 3.05) is 11.5 Å². The molecule has 12 heavy (non-hydrogen) atoms. The molecule has 0 radical (unpaired) electrons. The number of hydrogen-bond acceptors (Lipinski definition) is 3. The second-order valence-electron chi connectivity index (χ2n) is 2.64. The number of hydrogen-bond donors (Lipinski definition) is 2. The molecule has 2 rings (SSSR count). The second-order valence-corrected chi connectivity index (χ2v) is 3.67. The van der Waals surface area contributed by atoms with E-state index in [1.54, 1.807) is 17.8 Å². The van der Waals surface area contributed by atoms with Gasteiger partial charge in [-0.3, -0.25) is 0 Å². The normalized spacial score (nSPS) is 14.3. The van der Waals surface area contributed by atoms with Crippen molar-refractivity contribution >= 4 is 23.5 Å². The minimum absolute atomic E-state index is 0.224. The van der Waals surface area contributed by atoms with Crippen molar-refractivity contribution in [3.63, 3.8) is 0 Å². The summed E-state index contributed by atoms with van der Waals surface area (Å²) in [6.07, 6.45) is 4.08. The van der Waals surface area contributed by atoms with Crippen LogP contribution < -0.4 is 5.73 Å². The number of rotatable bonds is 0. The summed E-state index contributed by atoms with van der Waals surface area (Å²) in [7, 11) is 0. The predicted octanol–water partition coefficient (Wildman–Crippen LogP) is 2.09. The Kier molecular flexibility index (Phi) is 1.73. The van der Waals surface area contributed by atoms with Gasteiger partial charge in [0.05, 0.1) is 10.6 Å². The summed E-state index contributed by atoms with van der Waals surface area (Å²) in [6, 6.07) is 3.65. The molecule has 0 bridgehead atoms. The first-order valence-electron chi connectivity index (χ1n) is 3.70. The summed E-state index contributed by atoms with van der Waals surface area (Å²) < 4.78 is 0. The molecule has 0 aromatic heterocycles. The minimum atomic E-state index is 0.224. The molecule has 62 valence electrons.